The van der Waals surface area contributed by atoms with Gasteiger partial charge < -0.3 is 5.11 Å². The fourth-order valence-electron chi connectivity index (χ4n) is 2.32. The van der Waals surface area contributed by atoms with E-state index in [1.54, 1.807) is 0 Å². The Hall–Kier alpha value is -1.41. The Kier molecular flexibility index (Phi) is 3.43. The molecule has 1 aliphatic rings. The SMILES string of the molecule is CC(C)=CC[C@H]1C[C@H](O)c2ccccc2C1=O. The highest BCUT2D eigenvalue weighted by atomic mass is 16.3. The molecule has 0 aliphatic heterocycles. The van der Waals surface area contributed by atoms with Crippen LogP contribution in [0, 0.1) is 5.92 Å². The van der Waals surface area contributed by atoms with Crippen LogP contribution in [0.5, 0.6) is 0 Å². The van der Waals surface area contributed by atoms with Gasteiger partial charge in [0.05, 0.1) is 6.10 Å². The molecule has 2 rings (SSSR count). The molecular weight excluding hydrogens is 212 g/mol. The molecule has 0 bridgehead atoms. The van der Waals surface area contributed by atoms with Gasteiger partial charge in [-0.25, -0.2) is 0 Å². The summed E-state index contributed by atoms with van der Waals surface area (Å²) in [7, 11) is 0. The Balaban J connectivity index is 2.27. The fraction of sp³-hybridized carbons (Fsp3) is 0.400. The predicted octanol–water partition coefficient (Wildman–Crippen LogP) is 3.28. The van der Waals surface area contributed by atoms with Crippen molar-refractivity contribution in [3.05, 3.63) is 47.0 Å². The van der Waals surface area contributed by atoms with Crippen molar-refractivity contribution >= 4 is 5.78 Å². The highest BCUT2D eigenvalue weighted by Gasteiger charge is 2.31. The van der Waals surface area contributed by atoms with Gasteiger partial charge in [-0.2, -0.15) is 0 Å². The van der Waals surface area contributed by atoms with Crippen molar-refractivity contribution in [3.8, 4) is 0 Å². The molecule has 0 aromatic heterocycles. The van der Waals surface area contributed by atoms with Crippen LogP contribution in [-0.4, -0.2) is 10.9 Å². The molecule has 2 atom stereocenters. The zero-order valence-electron chi connectivity index (χ0n) is 10.3. The van der Waals surface area contributed by atoms with Crippen LogP contribution < -0.4 is 0 Å². The molecule has 0 saturated heterocycles. The predicted molar refractivity (Wildman–Crippen MR) is 67.9 cm³/mol. The molecule has 1 aromatic rings. The third kappa shape index (κ3) is 2.47. The summed E-state index contributed by atoms with van der Waals surface area (Å²) in [5, 5.41) is 10.0. The van der Waals surface area contributed by atoms with Gasteiger partial charge in [0.15, 0.2) is 5.78 Å². The van der Waals surface area contributed by atoms with Crippen molar-refractivity contribution in [3.63, 3.8) is 0 Å². The number of rotatable bonds is 2. The first-order valence-electron chi connectivity index (χ1n) is 6.04. The maximum Gasteiger partial charge on any atom is 0.166 e. The van der Waals surface area contributed by atoms with Crippen LogP contribution in [0.15, 0.2) is 35.9 Å². The molecule has 90 valence electrons. The molecule has 0 radical (unpaired) electrons. The Bertz CT molecular complexity index is 456. The molecule has 17 heavy (non-hydrogen) atoms. The lowest BCUT2D eigenvalue weighted by Crippen LogP contribution is -2.25. The first kappa shape index (κ1) is 12.1. The van der Waals surface area contributed by atoms with Crippen molar-refractivity contribution in [1.29, 1.82) is 0 Å². The van der Waals surface area contributed by atoms with E-state index >= 15 is 0 Å². The lowest BCUT2D eigenvalue weighted by Gasteiger charge is -2.26. The summed E-state index contributed by atoms with van der Waals surface area (Å²) in [5.74, 6) is 0.0956. The molecule has 0 unspecified atom stereocenters. The normalized spacial score (nSPS) is 23.1. The Morgan fingerprint density at radius 1 is 1.41 bits per heavy atom. The average molecular weight is 230 g/mol. The lowest BCUT2D eigenvalue weighted by atomic mass is 9.79. The van der Waals surface area contributed by atoms with E-state index in [1.807, 2.05) is 38.1 Å². The number of hydrogen-bond acceptors (Lipinski definition) is 2. The summed E-state index contributed by atoms with van der Waals surface area (Å²) in [4.78, 5) is 12.2. The molecular formula is C15H18O2. The zero-order chi connectivity index (χ0) is 12.4. The first-order valence-corrected chi connectivity index (χ1v) is 6.04. The second kappa shape index (κ2) is 4.84. The molecule has 1 aromatic carbocycles. The van der Waals surface area contributed by atoms with Gasteiger partial charge in [0.2, 0.25) is 0 Å². The lowest BCUT2D eigenvalue weighted by molar-refractivity contribution is 0.0777. The quantitative estimate of drug-likeness (QED) is 0.792. The largest absolute Gasteiger partial charge is 0.388 e. The molecule has 0 heterocycles. The van der Waals surface area contributed by atoms with Crippen molar-refractivity contribution in [2.45, 2.75) is 32.8 Å². The summed E-state index contributed by atoms with van der Waals surface area (Å²) in [6.45, 7) is 4.05. The van der Waals surface area contributed by atoms with E-state index in [2.05, 4.69) is 6.08 Å². The molecule has 0 spiro atoms. The smallest absolute Gasteiger partial charge is 0.166 e. The monoisotopic (exact) mass is 230 g/mol. The standard InChI is InChI=1S/C15H18O2/c1-10(2)7-8-11-9-14(16)12-5-3-4-6-13(12)15(11)17/h3-7,11,14,16H,8-9H2,1-2H3/t11-,14-/m0/s1. The van der Waals surface area contributed by atoms with E-state index in [0.29, 0.717) is 12.0 Å². The number of carbonyl (C=O) groups excluding carboxylic acids is 1. The number of Topliss-reactive ketones (excluding diaryl/α,β-unsaturated/α-hetero) is 1. The third-order valence-electron chi connectivity index (χ3n) is 3.27. The number of aliphatic hydroxyl groups is 1. The number of allylic oxidation sites excluding steroid dienone is 2. The van der Waals surface area contributed by atoms with Crippen LogP contribution >= 0.6 is 0 Å². The van der Waals surface area contributed by atoms with E-state index in [9.17, 15) is 9.90 Å². The van der Waals surface area contributed by atoms with Crippen LogP contribution in [0.25, 0.3) is 0 Å². The summed E-state index contributed by atoms with van der Waals surface area (Å²) < 4.78 is 0. The second-order valence-corrected chi connectivity index (χ2v) is 4.92. The highest BCUT2D eigenvalue weighted by Crippen LogP contribution is 2.34. The summed E-state index contributed by atoms with van der Waals surface area (Å²) in [6, 6.07) is 7.38. The van der Waals surface area contributed by atoms with Gasteiger partial charge >= 0.3 is 0 Å². The third-order valence-corrected chi connectivity index (χ3v) is 3.27. The minimum Gasteiger partial charge on any atom is -0.388 e. The first-order chi connectivity index (χ1) is 8.09. The van der Waals surface area contributed by atoms with Crippen LogP contribution in [0.3, 0.4) is 0 Å². The fourth-order valence-corrected chi connectivity index (χ4v) is 2.32. The van der Waals surface area contributed by atoms with E-state index < -0.39 is 6.10 Å². The van der Waals surface area contributed by atoms with Crippen LogP contribution in [0.4, 0.5) is 0 Å². The summed E-state index contributed by atoms with van der Waals surface area (Å²) >= 11 is 0. The molecule has 0 amide bonds. The number of hydrogen-bond donors (Lipinski definition) is 1. The van der Waals surface area contributed by atoms with Crippen molar-refractivity contribution < 1.29 is 9.90 Å². The number of benzene rings is 1. The second-order valence-electron chi connectivity index (χ2n) is 4.92. The van der Waals surface area contributed by atoms with Gasteiger partial charge in [-0.1, -0.05) is 35.9 Å². The Morgan fingerprint density at radius 2 is 2.12 bits per heavy atom. The van der Waals surface area contributed by atoms with Gasteiger partial charge in [-0.3, -0.25) is 4.79 Å². The molecule has 0 fully saturated rings. The van der Waals surface area contributed by atoms with Crippen LogP contribution in [0.2, 0.25) is 0 Å². The van der Waals surface area contributed by atoms with Gasteiger partial charge in [-0.05, 0) is 32.3 Å². The van der Waals surface area contributed by atoms with Crippen molar-refractivity contribution in [2.24, 2.45) is 5.92 Å². The molecule has 1 N–H and O–H groups in total. The Morgan fingerprint density at radius 3 is 2.82 bits per heavy atom. The van der Waals surface area contributed by atoms with E-state index in [4.69, 9.17) is 0 Å². The molecule has 2 heteroatoms. The topological polar surface area (TPSA) is 37.3 Å². The van der Waals surface area contributed by atoms with Crippen LogP contribution in [0.1, 0.15) is 48.7 Å². The number of ketones is 1. The highest BCUT2D eigenvalue weighted by molar-refractivity contribution is 6.00. The van der Waals surface area contributed by atoms with Gasteiger partial charge in [0.1, 0.15) is 0 Å². The molecule has 2 nitrogen and oxygen atoms in total. The van der Waals surface area contributed by atoms with Gasteiger partial charge in [0.25, 0.3) is 0 Å². The maximum absolute atomic E-state index is 12.2. The average Bonchev–Trinajstić information content (AvgIpc) is 2.32. The Labute approximate surface area is 102 Å². The molecule has 0 saturated carbocycles. The van der Waals surface area contributed by atoms with Crippen molar-refractivity contribution in [2.75, 3.05) is 0 Å². The molecule has 1 aliphatic carbocycles. The number of fused-ring (bicyclic) bond motifs is 1. The number of aliphatic hydroxyl groups excluding tert-OH is 1. The van der Waals surface area contributed by atoms with E-state index in [1.165, 1.54) is 5.57 Å². The van der Waals surface area contributed by atoms with Gasteiger partial charge in [-0.15, -0.1) is 0 Å². The summed E-state index contributed by atoms with van der Waals surface area (Å²) in [5.41, 5.74) is 2.69. The zero-order valence-corrected chi connectivity index (χ0v) is 10.3. The minimum atomic E-state index is -0.500. The van der Waals surface area contributed by atoms with E-state index in [0.717, 1.165) is 12.0 Å². The van der Waals surface area contributed by atoms with Gasteiger partial charge in [0, 0.05) is 11.5 Å². The minimum absolute atomic E-state index is 0.0743. The number of carbonyl (C=O) groups is 1. The van der Waals surface area contributed by atoms with E-state index in [-0.39, 0.29) is 11.7 Å². The van der Waals surface area contributed by atoms with Crippen molar-refractivity contribution in [1.82, 2.24) is 0 Å². The maximum atomic E-state index is 12.2. The summed E-state index contributed by atoms with van der Waals surface area (Å²) in [6.07, 6.45) is 2.84. The van der Waals surface area contributed by atoms with Crippen LogP contribution in [-0.2, 0) is 0 Å².